The lowest BCUT2D eigenvalue weighted by atomic mass is 10.4. The SMILES string of the molecule is CC(N)=N/C(=N/c1ncccn1)C(C)Br. The molecule has 0 aliphatic carbocycles. The van der Waals surface area contributed by atoms with Crippen molar-refractivity contribution in [3.05, 3.63) is 18.5 Å². The number of hydrogen-bond donors (Lipinski definition) is 1. The minimum Gasteiger partial charge on any atom is -0.387 e. The normalized spacial score (nSPS) is 15.1. The van der Waals surface area contributed by atoms with Crippen molar-refractivity contribution in [3.63, 3.8) is 0 Å². The molecule has 0 spiro atoms. The van der Waals surface area contributed by atoms with Gasteiger partial charge < -0.3 is 5.73 Å². The highest BCUT2D eigenvalue weighted by Gasteiger charge is 2.06. The molecule has 6 heteroatoms. The zero-order chi connectivity index (χ0) is 11.3. The summed E-state index contributed by atoms with van der Waals surface area (Å²) in [5.41, 5.74) is 5.49. The van der Waals surface area contributed by atoms with Crippen LogP contribution in [0.25, 0.3) is 0 Å². The molecule has 0 amide bonds. The number of amidine groups is 2. The summed E-state index contributed by atoms with van der Waals surface area (Å²) in [5, 5.41) is 0. The van der Waals surface area contributed by atoms with E-state index in [4.69, 9.17) is 5.73 Å². The fourth-order valence-corrected chi connectivity index (χ4v) is 1.04. The van der Waals surface area contributed by atoms with E-state index in [2.05, 4.69) is 35.9 Å². The summed E-state index contributed by atoms with van der Waals surface area (Å²) in [4.78, 5) is 16.2. The van der Waals surface area contributed by atoms with E-state index in [1.807, 2.05) is 6.92 Å². The molecule has 0 aliphatic rings. The Bertz CT molecular complexity index is 367. The molecular formula is C9H12BrN5. The molecule has 0 bridgehead atoms. The monoisotopic (exact) mass is 269 g/mol. The average Bonchev–Trinajstić information content (AvgIpc) is 2.17. The van der Waals surface area contributed by atoms with Crippen LogP contribution in [0.5, 0.6) is 0 Å². The third-order valence-corrected chi connectivity index (χ3v) is 1.82. The van der Waals surface area contributed by atoms with Crippen LogP contribution in [0.2, 0.25) is 0 Å². The van der Waals surface area contributed by atoms with Crippen molar-refractivity contribution < 1.29 is 0 Å². The van der Waals surface area contributed by atoms with Crippen molar-refractivity contribution in [2.24, 2.45) is 15.7 Å². The van der Waals surface area contributed by atoms with Crippen LogP contribution in [0.3, 0.4) is 0 Å². The second kappa shape index (κ2) is 5.55. The van der Waals surface area contributed by atoms with Crippen LogP contribution in [0.15, 0.2) is 28.4 Å². The van der Waals surface area contributed by atoms with Crippen LogP contribution in [0.4, 0.5) is 5.95 Å². The molecule has 0 saturated heterocycles. The molecule has 0 fully saturated rings. The topological polar surface area (TPSA) is 76.5 Å². The van der Waals surface area contributed by atoms with Crippen LogP contribution in [0.1, 0.15) is 13.8 Å². The van der Waals surface area contributed by atoms with Crippen LogP contribution < -0.4 is 5.73 Å². The van der Waals surface area contributed by atoms with Crippen molar-refractivity contribution in [2.75, 3.05) is 0 Å². The van der Waals surface area contributed by atoms with Crippen LogP contribution in [-0.4, -0.2) is 26.5 Å². The van der Waals surface area contributed by atoms with Gasteiger partial charge in [-0.25, -0.2) is 15.0 Å². The molecule has 0 radical (unpaired) electrons. The molecule has 1 rings (SSSR count). The quantitative estimate of drug-likeness (QED) is 0.504. The van der Waals surface area contributed by atoms with Crippen molar-refractivity contribution >= 4 is 33.5 Å². The number of nitrogens with zero attached hydrogens (tertiary/aromatic N) is 4. The van der Waals surface area contributed by atoms with Gasteiger partial charge in [0.05, 0.1) is 10.7 Å². The molecule has 0 aromatic carbocycles. The van der Waals surface area contributed by atoms with Crippen LogP contribution >= 0.6 is 15.9 Å². The second-order valence-corrected chi connectivity index (χ2v) is 4.26. The first-order valence-corrected chi connectivity index (χ1v) is 5.31. The van der Waals surface area contributed by atoms with Gasteiger partial charge in [0.2, 0.25) is 0 Å². The third-order valence-electron chi connectivity index (χ3n) is 1.41. The minimum absolute atomic E-state index is 0.000180. The maximum Gasteiger partial charge on any atom is 0.251 e. The van der Waals surface area contributed by atoms with Gasteiger partial charge in [-0.1, -0.05) is 15.9 Å². The van der Waals surface area contributed by atoms with Gasteiger partial charge in [0.15, 0.2) is 0 Å². The van der Waals surface area contributed by atoms with Gasteiger partial charge in [0.25, 0.3) is 5.95 Å². The van der Waals surface area contributed by atoms with Crippen molar-refractivity contribution in [1.82, 2.24) is 9.97 Å². The van der Waals surface area contributed by atoms with Crippen LogP contribution in [0, 0.1) is 0 Å². The number of hydrogen-bond acceptors (Lipinski definition) is 3. The van der Waals surface area contributed by atoms with E-state index < -0.39 is 0 Å². The van der Waals surface area contributed by atoms with E-state index in [-0.39, 0.29) is 4.83 Å². The minimum atomic E-state index is -0.000180. The standard InChI is InChI=1S/C9H12BrN5/c1-6(10)8(14-7(2)11)15-9-12-4-3-5-13-9/h3-6H,1-2H3,(H2,11,12,13,14,15). The molecule has 0 aliphatic heterocycles. The van der Waals surface area contributed by atoms with E-state index in [1.54, 1.807) is 25.4 Å². The number of nitrogens with two attached hydrogens (primary N) is 1. The molecule has 1 aromatic rings. The lowest BCUT2D eigenvalue weighted by molar-refractivity contribution is 1.12. The van der Waals surface area contributed by atoms with Crippen molar-refractivity contribution in [2.45, 2.75) is 18.7 Å². The predicted octanol–water partition coefficient (Wildman–Crippen LogP) is 1.67. The smallest absolute Gasteiger partial charge is 0.251 e. The molecule has 80 valence electrons. The summed E-state index contributed by atoms with van der Waals surface area (Å²) in [6, 6.07) is 1.73. The fraction of sp³-hybridized carbons (Fsp3) is 0.333. The zero-order valence-electron chi connectivity index (χ0n) is 8.55. The van der Waals surface area contributed by atoms with E-state index in [0.29, 0.717) is 17.6 Å². The van der Waals surface area contributed by atoms with E-state index in [1.165, 1.54) is 0 Å². The Labute approximate surface area is 96.7 Å². The summed E-state index contributed by atoms with van der Waals surface area (Å²) in [6.45, 7) is 3.62. The van der Waals surface area contributed by atoms with Gasteiger partial charge in [-0.3, -0.25) is 0 Å². The fourth-order valence-electron chi connectivity index (χ4n) is 0.835. The molecule has 2 N–H and O–H groups in total. The van der Waals surface area contributed by atoms with E-state index in [0.717, 1.165) is 0 Å². The van der Waals surface area contributed by atoms with Crippen molar-refractivity contribution in [3.8, 4) is 0 Å². The van der Waals surface area contributed by atoms with Gasteiger partial charge >= 0.3 is 0 Å². The van der Waals surface area contributed by atoms with E-state index in [9.17, 15) is 0 Å². The van der Waals surface area contributed by atoms with Gasteiger partial charge in [-0.15, -0.1) is 0 Å². The van der Waals surface area contributed by atoms with Gasteiger partial charge in [0, 0.05) is 12.4 Å². The van der Waals surface area contributed by atoms with Gasteiger partial charge in [-0.05, 0) is 19.9 Å². The Balaban J connectivity index is 3.00. The molecule has 1 atom stereocenters. The lowest BCUT2D eigenvalue weighted by Crippen LogP contribution is -2.14. The first-order valence-electron chi connectivity index (χ1n) is 4.40. The third kappa shape index (κ3) is 4.16. The Morgan fingerprint density at radius 2 is 2.07 bits per heavy atom. The molecule has 1 aromatic heterocycles. The summed E-state index contributed by atoms with van der Waals surface area (Å²) in [7, 11) is 0. The van der Waals surface area contributed by atoms with Crippen molar-refractivity contribution in [1.29, 1.82) is 0 Å². The highest BCUT2D eigenvalue weighted by molar-refractivity contribution is 9.10. The predicted molar refractivity (Wildman–Crippen MR) is 64.8 cm³/mol. The second-order valence-electron chi connectivity index (χ2n) is 2.89. The number of alkyl halides is 1. The zero-order valence-corrected chi connectivity index (χ0v) is 10.1. The largest absolute Gasteiger partial charge is 0.387 e. The summed E-state index contributed by atoms with van der Waals surface area (Å²) in [6.07, 6.45) is 3.25. The molecule has 5 nitrogen and oxygen atoms in total. The molecule has 1 heterocycles. The molecular weight excluding hydrogens is 258 g/mol. The highest BCUT2D eigenvalue weighted by Crippen LogP contribution is 2.08. The first-order chi connectivity index (χ1) is 7.09. The number of aliphatic imine (C=N–C) groups is 2. The summed E-state index contributed by atoms with van der Waals surface area (Å²) >= 11 is 3.38. The number of rotatable bonds is 2. The Morgan fingerprint density at radius 3 is 2.53 bits per heavy atom. The molecule has 15 heavy (non-hydrogen) atoms. The van der Waals surface area contributed by atoms with Gasteiger partial charge in [-0.2, -0.15) is 4.99 Å². The Kier molecular flexibility index (Phi) is 4.36. The first kappa shape index (κ1) is 11.8. The van der Waals surface area contributed by atoms with E-state index >= 15 is 0 Å². The number of aromatic nitrogens is 2. The summed E-state index contributed by atoms with van der Waals surface area (Å²) in [5.74, 6) is 1.39. The number of halogens is 1. The summed E-state index contributed by atoms with van der Waals surface area (Å²) < 4.78 is 0. The molecule has 1 unspecified atom stereocenters. The Morgan fingerprint density at radius 1 is 1.47 bits per heavy atom. The maximum atomic E-state index is 5.49. The molecule has 0 saturated carbocycles. The van der Waals surface area contributed by atoms with Gasteiger partial charge in [0.1, 0.15) is 5.84 Å². The lowest BCUT2D eigenvalue weighted by Gasteiger charge is -2.02. The Hall–Kier alpha value is -1.30. The van der Waals surface area contributed by atoms with Crippen LogP contribution in [-0.2, 0) is 0 Å². The average molecular weight is 270 g/mol. The highest BCUT2D eigenvalue weighted by atomic mass is 79.9. The maximum absolute atomic E-state index is 5.49.